The summed E-state index contributed by atoms with van der Waals surface area (Å²) in [5, 5.41) is 6.08. The van der Waals surface area contributed by atoms with E-state index in [1.165, 1.54) is 22.5 Å². The lowest BCUT2D eigenvalue weighted by Crippen LogP contribution is -2.39. The minimum absolute atomic E-state index is 0.356. The van der Waals surface area contributed by atoms with E-state index in [4.69, 9.17) is 4.84 Å². The first-order valence-corrected chi connectivity index (χ1v) is 13.5. The first-order chi connectivity index (χ1) is 18.4. The molecule has 1 saturated heterocycles. The first kappa shape index (κ1) is 31.3. The number of hydroxylamine groups is 2. The molecule has 2 aromatic carbocycles. The summed E-state index contributed by atoms with van der Waals surface area (Å²) < 4.78 is 35.4. The predicted octanol–water partition coefficient (Wildman–Crippen LogP) is 2.59. The van der Waals surface area contributed by atoms with Gasteiger partial charge in [-0.1, -0.05) is 62.4 Å². The van der Waals surface area contributed by atoms with Gasteiger partial charge in [0, 0.05) is 30.3 Å². The van der Waals surface area contributed by atoms with Crippen LogP contribution in [-0.4, -0.2) is 61.6 Å². The van der Waals surface area contributed by atoms with Crippen LogP contribution in [0.3, 0.4) is 0 Å². The molecule has 3 aromatic rings. The van der Waals surface area contributed by atoms with E-state index in [0.717, 1.165) is 12.2 Å². The second-order valence-electron chi connectivity index (χ2n) is 8.76. The van der Waals surface area contributed by atoms with E-state index in [-0.39, 0.29) is 6.03 Å². The number of hydrogen-bond acceptors (Lipinski definition) is 7. The van der Waals surface area contributed by atoms with Crippen LogP contribution in [0.5, 0.6) is 0 Å². The Balaban J connectivity index is 0.000000235. The van der Waals surface area contributed by atoms with E-state index in [9.17, 15) is 22.6 Å². The van der Waals surface area contributed by atoms with Crippen molar-refractivity contribution in [1.29, 1.82) is 0 Å². The Morgan fingerprint density at radius 1 is 1.10 bits per heavy atom. The number of rotatable bonds is 6. The number of aromatic nitrogens is 2. The Bertz CT molecular complexity index is 1250. The molecule has 3 amide bonds. The molecule has 0 spiro atoms. The zero-order chi connectivity index (χ0) is 29.0. The molecule has 1 aromatic heterocycles. The fourth-order valence-electron chi connectivity index (χ4n) is 3.36. The smallest absolute Gasteiger partial charge is 0.431 e. The number of carbonyl (C=O) groups is 2. The monoisotopic (exact) mass is 561 g/mol. The number of amides is 3. The molecule has 2 heterocycles. The molecule has 0 unspecified atom stereocenters. The van der Waals surface area contributed by atoms with Crippen LogP contribution in [0, 0.1) is 5.92 Å². The van der Waals surface area contributed by atoms with Gasteiger partial charge in [-0.15, -0.1) is 4.68 Å². The summed E-state index contributed by atoms with van der Waals surface area (Å²) in [4.78, 5) is 26.8. The number of hydrogen-bond donors (Lipinski definition) is 2. The van der Waals surface area contributed by atoms with Crippen molar-refractivity contribution in [2.45, 2.75) is 13.8 Å². The fraction of sp³-hybridized carbons (Fsp3) is 0.346. The third-order valence-corrected chi connectivity index (χ3v) is 5.84. The predicted molar refractivity (Wildman–Crippen MR) is 144 cm³/mol. The van der Waals surface area contributed by atoms with E-state index in [1.54, 1.807) is 0 Å². The molecule has 12 nitrogen and oxygen atoms in total. The van der Waals surface area contributed by atoms with Gasteiger partial charge in [-0.25, -0.2) is 18.0 Å². The molecular weight excluding hydrogens is 526 g/mol. The van der Waals surface area contributed by atoms with E-state index in [1.807, 2.05) is 26.0 Å². The van der Waals surface area contributed by atoms with Crippen LogP contribution in [-0.2, 0) is 33.5 Å². The minimum Gasteiger partial charge on any atom is -0.726 e. The zero-order valence-corrected chi connectivity index (χ0v) is 23.5. The maximum Gasteiger partial charge on any atom is 0.431 e. The Morgan fingerprint density at radius 3 is 2.10 bits per heavy atom. The van der Waals surface area contributed by atoms with Crippen molar-refractivity contribution in [3.8, 4) is 22.5 Å². The highest BCUT2D eigenvalue weighted by Gasteiger charge is 2.23. The normalized spacial score (nSPS) is 12.6. The van der Waals surface area contributed by atoms with Gasteiger partial charge in [0.15, 0.2) is 7.05 Å². The Kier molecular flexibility index (Phi) is 11.9. The molecule has 39 heavy (non-hydrogen) atoms. The van der Waals surface area contributed by atoms with E-state index in [0.29, 0.717) is 25.6 Å². The average molecular weight is 562 g/mol. The van der Waals surface area contributed by atoms with Crippen molar-refractivity contribution in [1.82, 2.24) is 20.4 Å². The molecule has 212 valence electrons. The van der Waals surface area contributed by atoms with E-state index >= 15 is 0 Å². The van der Waals surface area contributed by atoms with Crippen molar-refractivity contribution in [2.75, 3.05) is 26.7 Å². The van der Waals surface area contributed by atoms with Crippen molar-refractivity contribution in [3.63, 3.8) is 0 Å². The van der Waals surface area contributed by atoms with Crippen molar-refractivity contribution < 1.29 is 36.3 Å². The van der Waals surface area contributed by atoms with Crippen molar-refractivity contribution in [2.24, 2.45) is 20.0 Å². The maximum absolute atomic E-state index is 11.1. The molecule has 0 atom stereocenters. The van der Waals surface area contributed by atoms with Crippen LogP contribution in [0.1, 0.15) is 13.8 Å². The van der Waals surface area contributed by atoms with Gasteiger partial charge in [0.25, 0.3) is 0 Å². The molecule has 0 saturated carbocycles. The van der Waals surface area contributed by atoms with Crippen LogP contribution >= 0.6 is 0 Å². The highest BCUT2D eigenvalue weighted by Crippen LogP contribution is 2.23. The molecule has 0 aliphatic carbocycles. The summed E-state index contributed by atoms with van der Waals surface area (Å²) in [7, 11) is 0.580. The van der Waals surface area contributed by atoms with Crippen LogP contribution in [0.4, 0.5) is 9.59 Å². The van der Waals surface area contributed by atoms with Gasteiger partial charge in [0.2, 0.25) is 16.1 Å². The van der Waals surface area contributed by atoms with Crippen LogP contribution in [0.25, 0.3) is 22.5 Å². The molecule has 2 N–H and O–H groups in total. The summed E-state index contributed by atoms with van der Waals surface area (Å²) in [6, 6.07) is 22.8. The quantitative estimate of drug-likeness (QED) is 0.267. The summed E-state index contributed by atoms with van der Waals surface area (Å²) >= 11 is 0. The largest absolute Gasteiger partial charge is 0.726 e. The molecular formula is C26H35N5O7S. The van der Waals surface area contributed by atoms with Gasteiger partial charge in [-0.2, -0.15) is 9.75 Å². The summed E-state index contributed by atoms with van der Waals surface area (Å²) in [6.07, 6.45) is -0.587. The minimum atomic E-state index is -4.41. The Labute approximate surface area is 229 Å². The van der Waals surface area contributed by atoms with Gasteiger partial charge in [-0.3, -0.25) is 4.18 Å². The van der Waals surface area contributed by atoms with Gasteiger partial charge in [0.1, 0.15) is 5.69 Å². The second-order valence-corrected chi connectivity index (χ2v) is 9.91. The maximum atomic E-state index is 11.1. The lowest BCUT2D eigenvalue weighted by Gasteiger charge is -2.14. The van der Waals surface area contributed by atoms with Crippen molar-refractivity contribution in [3.05, 3.63) is 66.7 Å². The van der Waals surface area contributed by atoms with Crippen LogP contribution < -0.4 is 15.3 Å². The topological polar surface area (TPSA) is 146 Å². The van der Waals surface area contributed by atoms with Gasteiger partial charge in [-0.05, 0) is 18.1 Å². The second kappa shape index (κ2) is 14.9. The molecule has 1 aliphatic rings. The number of benzene rings is 2. The number of carbonyl (C=O) groups excluding carboxylic acids is 2. The fourth-order valence-corrected chi connectivity index (χ4v) is 3.36. The van der Waals surface area contributed by atoms with E-state index in [2.05, 4.69) is 92.9 Å². The summed E-state index contributed by atoms with van der Waals surface area (Å²) in [6.45, 7) is 5.39. The first-order valence-electron chi connectivity index (χ1n) is 12.1. The highest BCUT2D eigenvalue weighted by molar-refractivity contribution is 7.80. The molecule has 1 fully saturated rings. The highest BCUT2D eigenvalue weighted by atomic mass is 32.3. The average Bonchev–Trinajstić information content (AvgIpc) is 3.46. The molecule has 4 rings (SSSR count). The third kappa shape index (κ3) is 10.4. The van der Waals surface area contributed by atoms with Crippen molar-refractivity contribution >= 4 is 22.5 Å². The molecule has 0 radical (unpaired) electrons. The number of nitrogens with zero attached hydrogens (tertiary/aromatic N) is 3. The van der Waals surface area contributed by atoms with Gasteiger partial charge in [0.05, 0.1) is 20.7 Å². The lowest BCUT2D eigenvalue weighted by atomic mass is 10.1. The summed E-state index contributed by atoms with van der Waals surface area (Å²) in [5.41, 5.74) is 4.93. The molecule has 13 heteroatoms. The summed E-state index contributed by atoms with van der Waals surface area (Å²) in [5.74, 6) is 0.356. The number of urea groups is 1. The van der Waals surface area contributed by atoms with Crippen LogP contribution in [0.2, 0.25) is 0 Å². The molecule has 1 aliphatic heterocycles. The standard InChI is InChI=1S/C17H17N2.C8H15N3O3.CH4O4S/c1-18-16(14-9-5-3-6-10-14)13-17(19(18)2)15-11-7-4-8-12-15;1-6(2)5-10-8(13)14-11-4-3-9-7(11)12;1-5-6(2,3)4/h3-13H,1-2H3;6H,3-5H2,1-2H3,(H,9,12)(H,10,13);1H3,(H,2,3,4)/q+1;;/p-1. The Morgan fingerprint density at radius 2 is 1.64 bits per heavy atom. The third-order valence-electron chi connectivity index (χ3n) is 5.43. The number of nitrogens with one attached hydrogen (secondary N) is 2. The molecule has 0 bridgehead atoms. The zero-order valence-electron chi connectivity index (χ0n) is 22.7. The van der Waals surface area contributed by atoms with Crippen LogP contribution in [0.15, 0.2) is 66.7 Å². The Hall–Kier alpha value is -3.94. The SMILES string of the molecule is CC(C)CNC(=O)ON1CCNC1=O.COS(=O)(=O)[O-].Cn1c(-c2ccccc2)cc(-c2ccccc2)[n+]1C. The van der Waals surface area contributed by atoms with Gasteiger partial charge >= 0.3 is 12.1 Å². The van der Waals surface area contributed by atoms with E-state index < -0.39 is 16.5 Å². The lowest BCUT2D eigenvalue weighted by molar-refractivity contribution is -0.740. The van der Waals surface area contributed by atoms with Gasteiger partial charge < -0.3 is 20.0 Å².